The van der Waals surface area contributed by atoms with Crippen LogP contribution in [0.1, 0.15) is 20.8 Å². The van der Waals surface area contributed by atoms with E-state index in [4.69, 9.17) is 4.42 Å². The highest BCUT2D eigenvalue weighted by molar-refractivity contribution is 5.99. The molecule has 2 aromatic carbocycles. The van der Waals surface area contributed by atoms with E-state index in [1.54, 1.807) is 17.0 Å². The van der Waals surface area contributed by atoms with Crippen LogP contribution in [0.15, 0.2) is 71.8 Å². The standard InChI is InChI=1S/C26H24FN5O3/c27-20-2-4-21(5-3-20)32-8-7-18-13-19(1-6-24(18)32)25(33)31-14-22(15-31)29-9-11-30(12-10-29)26(34)23-16-35-17-28-23/h1-8,13,16-17,22H,9-12,14-15H2. The predicted octanol–water partition coefficient (Wildman–Crippen LogP) is 3.04. The van der Waals surface area contributed by atoms with Gasteiger partial charge in [-0.25, -0.2) is 9.37 Å². The molecular weight excluding hydrogens is 449 g/mol. The van der Waals surface area contributed by atoms with E-state index in [0.717, 1.165) is 29.7 Å². The quantitative estimate of drug-likeness (QED) is 0.456. The number of benzene rings is 2. The van der Waals surface area contributed by atoms with Crippen molar-refractivity contribution in [1.82, 2.24) is 24.3 Å². The molecule has 2 fully saturated rings. The maximum Gasteiger partial charge on any atom is 0.275 e. The molecule has 6 rings (SSSR count). The van der Waals surface area contributed by atoms with E-state index < -0.39 is 0 Å². The van der Waals surface area contributed by atoms with Crippen LogP contribution in [0.4, 0.5) is 4.39 Å². The number of carbonyl (C=O) groups is 2. The number of fused-ring (bicyclic) bond motifs is 1. The van der Waals surface area contributed by atoms with E-state index in [-0.39, 0.29) is 17.6 Å². The van der Waals surface area contributed by atoms with Gasteiger partial charge < -0.3 is 18.8 Å². The monoisotopic (exact) mass is 473 g/mol. The maximum absolute atomic E-state index is 13.3. The van der Waals surface area contributed by atoms with Crippen LogP contribution in [0.5, 0.6) is 0 Å². The highest BCUT2D eigenvalue weighted by Crippen LogP contribution is 2.25. The fourth-order valence-electron chi connectivity index (χ4n) is 4.91. The Balaban J connectivity index is 1.06. The van der Waals surface area contributed by atoms with Gasteiger partial charge in [0.05, 0.1) is 5.52 Å². The fourth-order valence-corrected chi connectivity index (χ4v) is 4.91. The van der Waals surface area contributed by atoms with Gasteiger partial charge in [0.2, 0.25) is 0 Å². The zero-order chi connectivity index (χ0) is 23.9. The van der Waals surface area contributed by atoms with E-state index in [1.165, 1.54) is 24.8 Å². The fraction of sp³-hybridized carbons (Fsp3) is 0.269. The van der Waals surface area contributed by atoms with E-state index in [9.17, 15) is 14.0 Å². The van der Waals surface area contributed by atoms with Crippen molar-refractivity contribution in [2.24, 2.45) is 0 Å². The summed E-state index contributed by atoms with van der Waals surface area (Å²) in [5.41, 5.74) is 2.83. The Bertz CT molecular complexity index is 1370. The molecule has 2 aliphatic heterocycles. The van der Waals surface area contributed by atoms with Gasteiger partial charge in [-0.3, -0.25) is 14.5 Å². The number of rotatable bonds is 4. The van der Waals surface area contributed by atoms with Crippen LogP contribution in [0.2, 0.25) is 0 Å². The molecule has 0 atom stereocenters. The van der Waals surface area contributed by atoms with Crippen LogP contribution < -0.4 is 0 Å². The van der Waals surface area contributed by atoms with E-state index >= 15 is 0 Å². The molecule has 9 heteroatoms. The molecule has 0 spiro atoms. The Kier molecular flexibility index (Phi) is 5.33. The van der Waals surface area contributed by atoms with Gasteiger partial charge in [0.15, 0.2) is 12.1 Å². The topological polar surface area (TPSA) is 74.8 Å². The molecule has 0 N–H and O–H groups in total. The van der Waals surface area contributed by atoms with Crippen molar-refractivity contribution in [2.75, 3.05) is 39.3 Å². The number of aromatic nitrogens is 2. The number of amides is 2. The SMILES string of the molecule is O=C(c1ccc2c(ccn2-c2ccc(F)cc2)c1)N1CC(N2CCN(C(=O)c3cocn3)CC2)C1. The summed E-state index contributed by atoms with van der Waals surface area (Å²) in [5.74, 6) is -0.349. The lowest BCUT2D eigenvalue weighted by Gasteiger charge is -2.48. The molecule has 0 unspecified atom stereocenters. The zero-order valence-corrected chi connectivity index (χ0v) is 19.0. The average Bonchev–Trinajstić information content (AvgIpc) is 3.54. The smallest absolute Gasteiger partial charge is 0.275 e. The van der Waals surface area contributed by atoms with E-state index in [0.29, 0.717) is 43.5 Å². The van der Waals surface area contributed by atoms with Gasteiger partial charge in [-0.05, 0) is 48.5 Å². The molecule has 0 aliphatic carbocycles. The molecule has 0 bridgehead atoms. The molecule has 2 amide bonds. The number of oxazole rings is 1. The summed E-state index contributed by atoms with van der Waals surface area (Å²) in [5, 5.41) is 0.963. The maximum atomic E-state index is 13.3. The van der Waals surface area contributed by atoms with Crippen molar-refractivity contribution in [2.45, 2.75) is 6.04 Å². The Labute approximate surface area is 201 Å². The van der Waals surface area contributed by atoms with Crippen molar-refractivity contribution in [1.29, 1.82) is 0 Å². The van der Waals surface area contributed by atoms with Crippen molar-refractivity contribution >= 4 is 22.7 Å². The molecule has 178 valence electrons. The van der Waals surface area contributed by atoms with Gasteiger partial charge in [0.1, 0.15) is 12.1 Å². The van der Waals surface area contributed by atoms with E-state index in [2.05, 4.69) is 9.88 Å². The first-order valence-corrected chi connectivity index (χ1v) is 11.6. The molecule has 4 heterocycles. The summed E-state index contributed by atoms with van der Waals surface area (Å²) in [4.78, 5) is 35.5. The minimum atomic E-state index is -0.270. The largest absolute Gasteiger partial charge is 0.451 e. The molecule has 35 heavy (non-hydrogen) atoms. The Morgan fingerprint density at radius 1 is 0.914 bits per heavy atom. The average molecular weight is 474 g/mol. The van der Waals surface area contributed by atoms with Crippen molar-refractivity contribution in [3.63, 3.8) is 0 Å². The van der Waals surface area contributed by atoms with Gasteiger partial charge in [-0.2, -0.15) is 0 Å². The summed E-state index contributed by atoms with van der Waals surface area (Å²) in [6.45, 7) is 4.20. The lowest BCUT2D eigenvalue weighted by atomic mass is 10.0. The lowest BCUT2D eigenvalue weighted by molar-refractivity contribution is 0.00843. The molecule has 2 aromatic heterocycles. The minimum Gasteiger partial charge on any atom is -0.451 e. The van der Waals surface area contributed by atoms with Crippen molar-refractivity contribution in [3.8, 4) is 5.69 Å². The number of hydrogen-bond donors (Lipinski definition) is 0. The van der Waals surface area contributed by atoms with Gasteiger partial charge in [-0.15, -0.1) is 0 Å². The second-order valence-electron chi connectivity index (χ2n) is 9.00. The zero-order valence-electron chi connectivity index (χ0n) is 19.0. The number of likely N-dealkylation sites (tertiary alicyclic amines) is 1. The molecule has 2 saturated heterocycles. The summed E-state index contributed by atoms with van der Waals surface area (Å²) in [6, 6.07) is 14.3. The highest BCUT2D eigenvalue weighted by Gasteiger charge is 2.37. The second-order valence-corrected chi connectivity index (χ2v) is 9.00. The number of hydrogen-bond acceptors (Lipinski definition) is 5. The second kappa shape index (κ2) is 8.66. The number of piperazine rings is 1. The normalized spacial score (nSPS) is 17.1. The molecule has 4 aromatic rings. The third-order valence-electron chi connectivity index (χ3n) is 6.96. The van der Waals surface area contributed by atoms with Crippen LogP contribution >= 0.6 is 0 Å². The van der Waals surface area contributed by atoms with Crippen molar-refractivity contribution < 1.29 is 18.4 Å². The van der Waals surface area contributed by atoms with E-state index in [1.807, 2.05) is 39.9 Å². The molecular formula is C26H24FN5O3. The van der Waals surface area contributed by atoms with Crippen LogP contribution in [0.3, 0.4) is 0 Å². The van der Waals surface area contributed by atoms with Crippen molar-refractivity contribution in [3.05, 3.63) is 84.5 Å². The minimum absolute atomic E-state index is 0.0255. The summed E-state index contributed by atoms with van der Waals surface area (Å²) in [6.07, 6.45) is 4.57. The first-order chi connectivity index (χ1) is 17.1. The van der Waals surface area contributed by atoms with Crippen LogP contribution in [-0.4, -0.2) is 81.4 Å². The Hall–Kier alpha value is -3.98. The molecule has 0 saturated carbocycles. The number of halogens is 1. The first kappa shape index (κ1) is 21.5. The number of nitrogens with zero attached hydrogens (tertiary/aromatic N) is 5. The third kappa shape index (κ3) is 3.97. The van der Waals surface area contributed by atoms with Crippen LogP contribution in [0, 0.1) is 5.82 Å². The van der Waals surface area contributed by atoms with Gasteiger partial charge in [0.25, 0.3) is 11.8 Å². The summed E-state index contributed by atoms with van der Waals surface area (Å²) in [7, 11) is 0. The summed E-state index contributed by atoms with van der Waals surface area (Å²) < 4.78 is 20.2. The molecule has 0 radical (unpaired) electrons. The Morgan fingerprint density at radius 3 is 2.40 bits per heavy atom. The predicted molar refractivity (Wildman–Crippen MR) is 127 cm³/mol. The van der Waals surface area contributed by atoms with Crippen LogP contribution in [-0.2, 0) is 0 Å². The highest BCUT2D eigenvalue weighted by atomic mass is 19.1. The number of carbonyl (C=O) groups excluding carboxylic acids is 2. The van der Waals surface area contributed by atoms with Gasteiger partial charge in [0, 0.05) is 68.1 Å². The van der Waals surface area contributed by atoms with Gasteiger partial charge in [-0.1, -0.05) is 0 Å². The van der Waals surface area contributed by atoms with Crippen LogP contribution in [0.25, 0.3) is 16.6 Å². The van der Waals surface area contributed by atoms with Gasteiger partial charge >= 0.3 is 0 Å². The first-order valence-electron chi connectivity index (χ1n) is 11.6. The third-order valence-corrected chi connectivity index (χ3v) is 6.96. The molecule has 2 aliphatic rings. The summed E-state index contributed by atoms with van der Waals surface area (Å²) >= 11 is 0. The Morgan fingerprint density at radius 2 is 1.69 bits per heavy atom. The lowest BCUT2D eigenvalue weighted by Crippen LogP contribution is -2.64. The molecule has 8 nitrogen and oxygen atoms in total.